The monoisotopic (exact) mass is 452 g/mol. The third-order valence-electron chi connectivity index (χ3n) is 5.66. The van der Waals surface area contributed by atoms with E-state index in [9.17, 15) is 19.5 Å². The number of carbonyl (C=O) groups is 3. The van der Waals surface area contributed by atoms with Crippen molar-refractivity contribution in [2.24, 2.45) is 0 Å². The molecule has 0 saturated carbocycles. The third-order valence-corrected chi connectivity index (χ3v) is 5.66. The van der Waals surface area contributed by atoms with E-state index in [1.165, 1.54) is 4.90 Å². The van der Waals surface area contributed by atoms with Crippen LogP contribution in [0.2, 0.25) is 0 Å². The standard InChI is InChI=1S/C26H32N2O5/c1-26(2,3)33-25(32)27-22(23(29)28-17-11-10-16-20(28)24(30)31)21(18-12-6-4-7-13-18)19-14-8-5-9-15-19/h4-9,12-15,20-22H,10-11,16-17H2,1-3H3,(H,27,32)(H,30,31)/t20-,22+/m0/s1. The van der Waals surface area contributed by atoms with Crippen LogP contribution in [0.5, 0.6) is 0 Å². The molecule has 0 spiro atoms. The fourth-order valence-corrected chi connectivity index (χ4v) is 4.25. The quantitative estimate of drug-likeness (QED) is 0.686. The summed E-state index contributed by atoms with van der Waals surface area (Å²) in [5, 5.41) is 12.5. The van der Waals surface area contributed by atoms with E-state index >= 15 is 0 Å². The number of nitrogens with zero attached hydrogens (tertiary/aromatic N) is 1. The lowest BCUT2D eigenvalue weighted by Gasteiger charge is -2.38. The van der Waals surface area contributed by atoms with Gasteiger partial charge < -0.3 is 20.1 Å². The number of carbonyl (C=O) groups excluding carboxylic acids is 2. The predicted octanol–water partition coefficient (Wildman–Crippen LogP) is 4.18. The number of alkyl carbamates (subject to hydrolysis) is 1. The average molecular weight is 453 g/mol. The zero-order valence-electron chi connectivity index (χ0n) is 19.4. The third kappa shape index (κ3) is 6.34. The molecule has 2 atom stereocenters. The van der Waals surface area contributed by atoms with Crippen molar-refractivity contribution >= 4 is 18.0 Å². The van der Waals surface area contributed by atoms with Crippen LogP contribution in [0, 0.1) is 0 Å². The second-order valence-electron chi connectivity index (χ2n) is 9.30. The summed E-state index contributed by atoms with van der Waals surface area (Å²) in [4.78, 5) is 40.0. The highest BCUT2D eigenvalue weighted by Gasteiger charge is 2.41. The lowest BCUT2D eigenvalue weighted by Crippen LogP contribution is -2.57. The van der Waals surface area contributed by atoms with E-state index in [-0.39, 0.29) is 0 Å². The van der Waals surface area contributed by atoms with E-state index in [2.05, 4.69) is 5.32 Å². The Kier molecular flexibility index (Phi) is 7.74. The first-order valence-corrected chi connectivity index (χ1v) is 11.3. The normalized spacial score (nSPS) is 17.3. The van der Waals surface area contributed by atoms with Crippen molar-refractivity contribution in [2.45, 2.75) is 63.6 Å². The van der Waals surface area contributed by atoms with Crippen molar-refractivity contribution in [1.82, 2.24) is 10.2 Å². The van der Waals surface area contributed by atoms with Gasteiger partial charge in [-0.2, -0.15) is 0 Å². The van der Waals surface area contributed by atoms with Crippen molar-refractivity contribution < 1.29 is 24.2 Å². The van der Waals surface area contributed by atoms with Crippen LogP contribution in [0.4, 0.5) is 4.79 Å². The maximum Gasteiger partial charge on any atom is 0.408 e. The van der Waals surface area contributed by atoms with Gasteiger partial charge in [-0.1, -0.05) is 60.7 Å². The zero-order chi connectivity index (χ0) is 24.0. The summed E-state index contributed by atoms with van der Waals surface area (Å²) in [5.41, 5.74) is 0.922. The highest BCUT2D eigenvalue weighted by Crippen LogP contribution is 2.31. The molecule has 0 radical (unpaired) electrons. The van der Waals surface area contributed by atoms with Gasteiger partial charge >= 0.3 is 12.1 Å². The molecule has 2 aromatic rings. The van der Waals surface area contributed by atoms with Crippen molar-refractivity contribution in [1.29, 1.82) is 0 Å². The average Bonchev–Trinajstić information content (AvgIpc) is 2.78. The van der Waals surface area contributed by atoms with Gasteiger partial charge in [-0.3, -0.25) is 4.79 Å². The highest BCUT2D eigenvalue weighted by molar-refractivity contribution is 5.91. The molecule has 2 amide bonds. The number of likely N-dealkylation sites (tertiary alicyclic amines) is 1. The number of carboxylic acids is 1. The van der Waals surface area contributed by atoms with Crippen LogP contribution in [0.15, 0.2) is 60.7 Å². The van der Waals surface area contributed by atoms with Gasteiger partial charge in [0.15, 0.2) is 0 Å². The van der Waals surface area contributed by atoms with Crippen LogP contribution in [0.25, 0.3) is 0 Å². The molecule has 1 saturated heterocycles. The summed E-state index contributed by atoms with van der Waals surface area (Å²) in [7, 11) is 0. The van der Waals surface area contributed by atoms with Crippen LogP contribution >= 0.6 is 0 Å². The van der Waals surface area contributed by atoms with Crippen LogP contribution in [-0.2, 0) is 14.3 Å². The number of hydrogen-bond acceptors (Lipinski definition) is 4. The van der Waals surface area contributed by atoms with Gasteiger partial charge in [-0.25, -0.2) is 9.59 Å². The number of ether oxygens (including phenoxy) is 1. The topological polar surface area (TPSA) is 95.9 Å². The maximum absolute atomic E-state index is 13.9. The Morgan fingerprint density at radius 1 is 0.970 bits per heavy atom. The van der Waals surface area contributed by atoms with E-state index in [0.29, 0.717) is 13.0 Å². The largest absolute Gasteiger partial charge is 0.480 e. The molecule has 1 fully saturated rings. The minimum Gasteiger partial charge on any atom is -0.480 e. The lowest BCUT2D eigenvalue weighted by atomic mass is 9.83. The molecule has 0 aliphatic carbocycles. The Morgan fingerprint density at radius 2 is 1.52 bits per heavy atom. The van der Waals surface area contributed by atoms with E-state index in [1.54, 1.807) is 20.8 Å². The molecule has 33 heavy (non-hydrogen) atoms. The van der Waals surface area contributed by atoms with Crippen LogP contribution < -0.4 is 5.32 Å². The van der Waals surface area contributed by atoms with Gasteiger partial charge in [0.05, 0.1) is 0 Å². The van der Waals surface area contributed by atoms with Gasteiger partial charge in [-0.05, 0) is 51.2 Å². The van der Waals surface area contributed by atoms with Crippen LogP contribution in [0.1, 0.15) is 57.1 Å². The Balaban J connectivity index is 2.06. The number of nitrogens with one attached hydrogen (secondary N) is 1. The zero-order valence-corrected chi connectivity index (χ0v) is 19.4. The molecule has 3 rings (SSSR count). The molecule has 1 heterocycles. The van der Waals surface area contributed by atoms with Crippen molar-refractivity contribution in [2.75, 3.05) is 6.54 Å². The molecule has 7 heteroatoms. The van der Waals surface area contributed by atoms with Crippen LogP contribution in [0.3, 0.4) is 0 Å². The first kappa shape index (κ1) is 24.3. The van der Waals surface area contributed by atoms with Gasteiger partial charge in [0.1, 0.15) is 17.7 Å². The highest BCUT2D eigenvalue weighted by atomic mass is 16.6. The number of rotatable bonds is 6. The first-order chi connectivity index (χ1) is 15.7. The van der Waals surface area contributed by atoms with Gasteiger partial charge in [0, 0.05) is 12.5 Å². The Labute approximate surface area is 194 Å². The predicted molar refractivity (Wildman–Crippen MR) is 125 cm³/mol. The molecule has 1 aliphatic heterocycles. The fraction of sp³-hybridized carbons (Fsp3) is 0.423. The number of aliphatic carboxylic acids is 1. The number of piperidine rings is 1. The summed E-state index contributed by atoms with van der Waals surface area (Å²) < 4.78 is 5.46. The Bertz CT molecular complexity index is 916. The van der Waals surface area contributed by atoms with E-state index in [1.807, 2.05) is 60.7 Å². The summed E-state index contributed by atoms with van der Waals surface area (Å²) in [6.07, 6.45) is 1.13. The van der Waals surface area contributed by atoms with E-state index < -0.39 is 41.6 Å². The number of hydrogen-bond donors (Lipinski definition) is 2. The summed E-state index contributed by atoms with van der Waals surface area (Å²) in [5.74, 6) is -1.98. The smallest absolute Gasteiger partial charge is 0.408 e. The molecular formula is C26H32N2O5. The minimum absolute atomic E-state index is 0.332. The second kappa shape index (κ2) is 10.5. The molecule has 2 N–H and O–H groups in total. The Morgan fingerprint density at radius 3 is 2.00 bits per heavy atom. The molecular weight excluding hydrogens is 420 g/mol. The van der Waals surface area contributed by atoms with E-state index in [4.69, 9.17) is 4.74 Å². The fourth-order valence-electron chi connectivity index (χ4n) is 4.25. The first-order valence-electron chi connectivity index (χ1n) is 11.3. The second-order valence-corrected chi connectivity index (χ2v) is 9.30. The molecule has 0 unspecified atom stereocenters. The number of amides is 2. The minimum atomic E-state index is -1.04. The van der Waals surface area contributed by atoms with Crippen molar-refractivity contribution in [3.8, 4) is 0 Å². The van der Waals surface area contributed by atoms with Gasteiger partial charge in [-0.15, -0.1) is 0 Å². The van der Waals surface area contributed by atoms with Crippen LogP contribution in [-0.4, -0.2) is 52.2 Å². The number of benzene rings is 2. The summed E-state index contributed by atoms with van der Waals surface area (Å²) >= 11 is 0. The SMILES string of the molecule is CC(C)(C)OC(=O)N[C@@H](C(=O)N1CCCC[C@H]1C(=O)O)C(c1ccccc1)c1ccccc1. The van der Waals surface area contributed by atoms with Crippen molar-refractivity contribution in [3.63, 3.8) is 0 Å². The maximum atomic E-state index is 13.9. The molecule has 0 aromatic heterocycles. The molecule has 0 bridgehead atoms. The number of carboxylic acid groups (broad SMARTS) is 1. The molecule has 176 valence electrons. The molecule has 2 aromatic carbocycles. The van der Waals surface area contributed by atoms with E-state index in [0.717, 1.165) is 24.0 Å². The lowest BCUT2D eigenvalue weighted by molar-refractivity contribution is -0.153. The molecule has 7 nitrogen and oxygen atoms in total. The van der Waals surface area contributed by atoms with Gasteiger partial charge in [0.25, 0.3) is 0 Å². The summed E-state index contributed by atoms with van der Waals surface area (Å²) in [6.45, 7) is 5.58. The Hall–Kier alpha value is -3.35. The molecule has 1 aliphatic rings. The van der Waals surface area contributed by atoms with Gasteiger partial charge in [0.2, 0.25) is 5.91 Å². The summed E-state index contributed by atoms with van der Waals surface area (Å²) in [6, 6.07) is 16.9. The van der Waals surface area contributed by atoms with Crippen molar-refractivity contribution in [3.05, 3.63) is 71.8 Å².